The molecule has 1 atom stereocenters. The van der Waals surface area contributed by atoms with Crippen molar-refractivity contribution in [3.63, 3.8) is 0 Å². The fraction of sp³-hybridized carbons (Fsp3) is 0.385. The van der Waals surface area contributed by atoms with Gasteiger partial charge in [-0.2, -0.15) is 18.5 Å². The number of alkyl carbamates (subject to hydrolysis) is 1. The zero-order valence-electron chi connectivity index (χ0n) is 14.2. The van der Waals surface area contributed by atoms with E-state index in [2.05, 4.69) is 27.8 Å². The van der Waals surface area contributed by atoms with Crippen molar-refractivity contribution < 1.29 is 32.3 Å². The van der Waals surface area contributed by atoms with Gasteiger partial charge >= 0.3 is 16.5 Å². The van der Waals surface area contributed by atoms with Crippen molar-refractivity contribution in [2.24, 2.45) is 10.7 Å². The molecule has 148 valence electrons. The van der Waals surface area contributed by atoms with Gasteiger partial charge in [-0.3, -0.25) is 9.87 Å². The Morgan fingerprint density at radius 2 is 2.08 bits per heavy atom. The van der Waals surface area contributed by atoms with Crippen LogP contribution in [-0.2, 0) is 19.4 Å². The van der Waals surface area contributed by atoms with Crippen LogP contribution in [0, 0.1) is 0 Å². The normalized spacial score (nSPS) is 16.6. The predicted molar refractivity (Wildman–Crippen MR) is 93.7 cm³/mol. The number of nitrogens with zero attached hydrogens (tertiary/aromatic N) is 3. The summed E-state index contributed by atoms with van der Waals surface area (Å²) in [6.07, 6.45) is 2.52. The lowest BCUT2D eigenvalue weighted by atomic mass is 10.3. The minimum absolute atomic E-state index is 0. The van der Waals surface area contributed by atoms with Gasteiger partial charge < -0.3 is 20.8 Å². The number of amides is 1. The largest absolute Gasteiger partial charge is 0.450 e. The minimum atomic E-state index is -4.90. The van der Waals surface area contributed by atoms with Gasteiger partial charge in [0, 0.05) is 13.1 Å². The maximum atomic E-state index is 11.6. The third-order valence-corrected chi connectivity index (χ3v) is 3.06. The van der Waals surface area contributed by atoms with Crippen LogP contribution >= 0.6 is 0 Å². The lowest BCUT2D eigenvalue weighted by molar-refractivity contribution is -0.0157. The third-order valence-electron chi connectivity index (χ3n) is 2.71. The Balaban J connectivity index is 0.00000625. The molecule has 6 N–H and O–H groups in total. The summed E-state index contributed by atoms with van der Waals surface area (Å²) in [4.78, 5) is 17.4. The average Bonchev–Trinajstić information content (AvgIpc) is 2.49. The topological polar surface area (TPSA) is 178 Å². The van der Waals surface area contributed by atoms with Crippen molar-refractivity contribution in [2.75, 3.05) is 19.7 Å². The van der Waals surface area contributed by atoms with Crippen LogP contribution < -0.4 is 11.1 Å². The zero-order chi connectivity index (χ0) is 19.0. The highest BCUT2D eigenvalue weighted by Crippen LogP contribution is 2.16. The van der Waals surface area contributed by atoms with E-state index in [0.29, 0.717) is 24.0 Å². The Labute approximate surface area is 151 Å². The Bertz CT molecular complexity index is 666. The quantitative estimate of drug-likeness (QED) is 0.348. The number of guanidine groups is 1. The maximum absolute atomic E-state index is 11.6. The van der Waals surface area contributed by atoms with Crippen molar-refractivity contribution in [1.29, 1.82) is 0 Å². The highest BCUT2D eigenvalue weighted by molar-refractivity contribution is 7.80. The van der Waals surface area contributed by atoms with Gasteiger partial charge in [-0.15, -0.1) is 17.4 Å². The fourth-order valence-electron chi connectivity index (χ4n) is 1.83. The number of nitrogens with one attached hydrogen (secondary N) is 1. The summed E-state index contributed by atoms with van der Waals surface area (Å²) in [6.45, 7) is 9.70. The summed E-state index contributed by atoms with van der Waals surface area (Å²) in [5.74, 6) is -0.0616. The molecule has 26 heavy (non-hydrogen) atoms. The van der Waals surface area contributed by atoms with E-state index in [0.717, 1.165) is 0 Å². The number of hydrogen-bond acceptors (Lipinski definition) is 9. The molecule has 1 amide bonds. The van der Waals surface area contributed by atoms with Crippen LogP contribution in [0.2, 0.25) is 0 Å². The number of aliphatic imine (C=N–C) groups is 1. The minimum Gasteiger partial charge on any atom is -0.450 e. The first-order valence-electron chi connectivity index (χ1n) is 7.14. The number of hydroxylamine groups is 2. The number of nitrogens with two attached hydrogens (primary N) is 1. The highest BCUT2D eigenvalue weighted by atomic mass is 32.3. The Morgan fingerprint density at radius 1 is 1.50 bits per heavy atom. The highest BCUT2D eigenvalue weighted by Gasteiger charge is 2.31. The van der Waals surface area contributed by atoms with Crippen molar-refractivity contribution in [3.8, 4) is 0 Å². The van der Waals surface area contributed by atoms with E-state index < -0.39 is 22.7 Å². The second-order valence-electron chi connectivity index (χ2n) is 4.61. The zero-order valence-corrected chi connectivity index (χ0v) is 15.0. The van der Waals surface area contributed by atoms with Gasteiger partial charge in [0.25, 0.3) is 0 Å². The Hall–Kier alpha value is -2.45. The number of ether oxygens (including phenoxy) is 1. The van der Waals surface area contributed by atoms with E-state index in [-0.39, 0.29) is 18.0 Å². The Kier molecular flexibility index (Phi) is 9.53. The first-order chi connectivity index (χ1) is 11.7. The molecular formula is C13H23N5O7S. The summed E-state index contributed by atoms with van der Waals surface area (Å²) in [5, 5.41) is 2.73. The van der Waals surface area contributed by atoms with Crippen LogP contribution in [-0.4, -0.2) is 66.3 Å². The molecule has 0 bridgehead atoms. The molecular weight excluding hydrogens is 370 g/mol. The van der Waals surface area contributed by atoms with Gasteiger partial charge in [0.1, 0.15) is 12.0 Å². The molecule has 12 nitrogen and oxygen atoms in total. The third kappa shape index (κ3) is 7.20. The Morgan fingerprint density at radius 3 is 2.54 bits per heavy atom. The summed E-state index contributed by atoms with van der Waals surface area (Å²) in [5.41, 5.74) is 5.84. The van der Waals surface area contributed by atoms with Crippen molar-refractivity contribution >= 4 is 22.5 Å². The monoisotopic (exact) mass is 393 g/mol. The number of carbonyl (C=O) groups excluding carboxylic acids is 1. The molecule has 1 aliphatic rings. The van der Waals surface area contributed by atoms with Crippen molar-refractivity contribution in [3.05, 3.63) is 37.2 Å². The predicted octanol–water partition coefficient (Wildman–Crippen LogP) is -0.886. The molecule has 1 rings (SSSR count). The summed E-state index contributed by atoms with van der Waals surface area (Å²) >= 11 is 0. The lowest BCUT2D eigenvalue weighted by Gasteiger charge is -2.33. The number of hydrogen-bond donors (Lipinski definition) is 3. The molecule has 0 fully saturated rings. The molecule has 13 heteroatoms. The molecule has 0 saturated heterocycles. The lowest BCUT2D eigenvalue weighted by Crippen LogP contribution is -2.54. The molecule has 0 aromatic rings. The van der Waals surface area contributed by atoms with E-state index in [1.165, 1.54) is 6.08 Å². The van der Waals surface area contributed by atoms with E-state index in [4.69, 9.17) is 15.0 Å². The summed E-state index contributed by atoms with van der Waals surface area (Å²) < 4.78 is 40.0. The van der Waals surface area contributed by atoms with Gasteiger partial charge in [-0.1, -0.05) is 12.2 Å². The van der Waals surface area contributed by atoms with E-state index in [9.17, 15) is 13.2 Å². The van der Waals surface area contributed by atoms with Crippen molar-refractivity contribution in [1.82, 2.24) is 15.3 Å². The van der Waals surface area contributed by atoms with E-state index in [1.54, 1.807) is 24.0 Å². The molecule has 0 saturated carbocycles. The molecule has 0 radical (unpaired) electrons. The first kappa shape index (κ1) is 23.5. The molecule has 1 aliphatic heterocycles. The second kappa shape index (κ2) is 10.5. The fourth-order valence-corrected chi connectivity index (χ4v) is 2.21. The average molecular weight is 393 g/mol. The summed E-state index contributed by atoms with van der Waals surface area (Å²) in [7, 11) is -4.90. The first-order valence-corrected chi connectivity index (χ1v) is 8.51. The van der Waals surface area contributed by atoms with Crippen LogP contribution in [0.4, 0.5) is 4.79 Å². The van der Waals surface area contributed by atoms with E-state index in [1.807, 2.05) is 0 Å². The van der Waals surface area contributed by atoms with Crippen molar-refractivity contribution in [2.45, 2.75) is 13.1 Å². The van der Waals surface area contributed by atoms with Crippen LogP contribution in [0.5, 0.6) is 0 Å². The van der Waals surface area contributed by atoms with Gasteiger partial charge in [0.15, 0.2) is 0 Å². The van der Waals surface area contributed by atoms with Gasteiger partial charge in [0.05, 0.1) is 6.61 Å². The standard InChI is InChI=1S/C13H21N5O6S.H2O/c1-4-7-17(8-5-2)11-9-10(14)18(24-25(20,21)22)12(15-11)16-13(19)23-6-3;/h4-5,9-10H,1-2,6-8,14H2,3H3,(H,15,16,19)(H,20,21,22);1H2. The molecule has 1 unspecified atom stereocenters. The van der Waals surface area contributed by atoms with Gasteiger partial charge in [-0.05, 0) is 13.0 Å². The van der Waals surface area contributed by atoms with Gasteiger partial charge in [-0.25, -0.2) is 4.79 Å². The van der Waals surface area contributed by atoms with Gasteiger partial charge in [0.2, 0.25) is 5.96 Å². The van der Waals surface area contributed by atoms with Crippen LogP contribution in [0.1, 0.15) is 6.92 Å². The molecule has 0 aromatic heterocycles. The molecule has 1 heterocycles. The van der Waals surface area contributed by atoms with Crippen LogP contribution in [0.25, 0.3) is 0 Å². The number of rotatable bonds is 8. The molecule has 0 spiro atoms. The summed E-state index contributed by atoms with van der Waals surface area (Å²) in [6, 6.07) is 0. The van der Waals surface area contributed by atoms with Crippen LogP contribution in [0.15, 0.2) is 42.2 Å². The second-order valence-corrected chi connectivity index (χ2v) is 5.61. The van der Waals surface area contributed by atoms with E-state index >= 15 is 0 Å². The number of carbonyl (C=O) groups is 1. The molecule has 0 aromatic carbocycles. The maximum Gasteiger partial charge on any atom is 0.418 e. The SMILES string of the molecule is C=CCN(CC=C)C1=CC(N)N(OS(=O)(=O)O)C(NC(=O)OCC)=N1.O. The van der Waals surface area contributed by atoms with Crippen LogP contribution in [0.3, 0.4) is 0 Å². The molecule has 0 aliphatic carbocycles. The smallest absolute Gasteiger partial charge is 0.418 e.